The molecule has 4 rings (SSSR count). The van der Waals surface area contributed by atoms with E-state index in [1.54, 1.807) is 13.0 Å². The zero-order valence-electron chi connectivity index (χ0n) is 16.6. The van der Waals surface area contributed by atoms with Crippen molar-refractivity contribution in [2.75, 3.05) is 0 Å². The summed E-state index contributed by atoms with van der Waals surface area (Å²) >= 11 is 0. The third kappa shape index (κ3) is 2.10. The second-order valence-electron chi connectivity index (χ2n) is 9.80. The van der Waals surface area contributed by atoms with Crippen LogP contribution in [0.3, 0.4) is 0 Å². The summed E-state index contributed by atoms with van der Waals surface area (Å²) in [6.07, 6.45) is 3.57. The van der Waals surface area contributed by atoms with Crippen LogP contribution in [0.5, 0.6) is 0 Å². The van der Waals surface area contributed by atoms with Gasteiger partial charge in [0.2, 0.25) is 0 Å². The molecule has 3 fully saturated rings. The van der Waals surface area contributed by atoms with Crippen LogP contribution in [-0.2, 0) is 9.59 Å². The van der Waals surface area contributed by atoms with Crippen molar-refractivity contribution in [3.63, 3.8) is 0 Å². The Morgan fingerprint density at radius 1 is 1.22 bits per heavy atom. The molecule has 0 saturated heterocycles. The fourth-order valence-electron chi connectivity index (χ4n) is 7.33. The minimum absolute atomic E-state index is 0.0449. The molecule has 0 amide bonds. The number of carbonyl (C=O) groups excluding carboxylic acids is 2. The van der Waals surface area contributed by atoms with Gasteiger partial charge < -0.3 is 10.2 Å². The third-order valence-corrected chi connectivity index (χ3v) is 8.98. The number of alkyl halides is 1. The Morgan fingerprint density at radius 2 is 1.93 bits per heavy atom. The van der Waals surface area contributed by atoms with E-state index in [2.05, 4.69) is 0 Å². The van der Waals surface area contributed by atoms with Crippen LogP contribution in [0, 0.1) is 22.7 Å². The molecule has 0 spiro atoms. The first-order chi connectivity index (χ1) is 12.5. The van der Waals surface area contributed by atoms with Crippen molar-refractivity contribution in [1.82, 2.24) is 0 Å². The first-order valence-corrected chi connectivity index (χ1v) is 10.4. The van der Waals surface area contributed by atoms with Crippen molar-refractivity contribution >= 4 is 11.6 Å². The van der Waals surface area contributed by atoms with Crippen molar-refractivity contribution in [1.29, 1.82) is 0 Å². The Kier molecular flexibility index (Phi) is 4.08. The van der Waals surface area contributed by atoms with Gasteiger partial charge in [-0.15, -0.1) is 0 Å². The van der Waals surface area contributed by atoms with E-state index in [0.717, 1.165) is 5.57 Å². The zero-order chi connectivity index (χ0) is 19.8. The number of fused-ring (bicyclic) bond motifs is 5. The number of aliphatic hydroxyl groups is 2. The Bertz CT molecular complexity index is 732. The van der Waals surface area contributed by atoms with Gasteiger partial charge in [0.25, 0.3) is 0 Å². The molecule has 1 unspecified atom stereocenters. The number of carbonyl (C=O) groups is 2. The lowest BCUT2D eigenvalue weighted by atomic mass is 9.44. The average Bonchev–Trinajstić information content (AvgIpc) is 2.88. The Hall–Kier alpha value is -1.07. The first kappa shape index (κ1) is 19.3. The lowest BCUT2D eigenvalue weighted by molar-refractivity contribution is -0.226. The van der Waals surface area contributed by atoms with E-state index >= 15 is 4.39 Å². The number of hydrogen-bond donors (Lipinski definition) is 2. The van der Waals surface area contributed by atoms with E-state index in [1.165, 1.54) is 0 Å². The highest BCUT2D eigenvalue weighted by molar-refractivity contribution is 5.92. The van der Waals surface area contributed by atoms with Crippen molar-refractivity contribution in [3.8, 4) is 0 Å². The molecule has 27 heavy (non-hydrogen) atoms. The van der Waals surface area contributed by atoms with Crippen LogP contribution in [0.4, 0.5) is 4.39 Å². The molecule has 4 aliphatic rings. The molecule has 0 bridgehead atoms. The molecule has 0 aromatic rings. The molecule has 0 heterocycles. The highest BCUT2D eigenvalue weighted by atomic mass is 19.1. The summed E-state index contributed by atoms with van der Waals surface area (Å²) in [6.45, 7) is 5.48. The van der Waals surface area contributed by atoms with Gasteiger partial charge in [0.05, 0.1) is 6.10 Å². The Balaban J connectivity index is 1.80. The van der Waals surface area contributed by atoms with Crippen molar-refractivity contribution < 1.29 is 24.2 Å². The molecule has 0 aromatic carbocycles. The van der Waals surface area contributed by atoms with Crippen LogP contribution in [-0.4, -0.2) is 39.2 Å². The van der Waals surface area contributed by atoms with E-state index in [9.17, 15) is 19.8 Å². The van der Waals surface area contributed by atoms with Crippen LogP contribution < -0.4 is 0 Å². The molecular weight excluding hydrogens is 347 g/mol. The summed E-state index contributed by atoms with van der Waals surface area (Å²) in [5.41, 5.74) is -4.11. The average molecular weight is 378 g/mol. The summed E-state index contributed by atoms with van der Waals surface area (Å²) < 4.78 is 16.8. The highest BCUT2D eigenvalue weighted by Gasteiger charge is 2.74. The smallest absolute Gasteiger partial charge is 0.164 e. The monoisotopic (exact) mass is 378 g/mol. The molecule has 7 atom stereocenters. The maximum atomic E-state index is 16.8. The van der Waals surface area contributed by atoms with Crippen molar-refractivity contribution in [2.24, 2.45) is 22.7 Å². The number of Topliss-reactive ketones (excluding diaryl/α,β-unsaturated/α-hetero) is 1. The quantitative estimate of drug-likeness (QED) is 0.773. The van der Waals surface area contributed by atoms with Crippen molar-refractivity contribution in [2.45, 2.75) is 89.5 Å². The van der Waals surface area contributed by atoms with Crippen LogP contribution in [0.2, 0.25) is 0 Å². The van der Waals surface area contributed by atoms with Gasteiger partial charge in [-0.1, -0.05) is 26.3 Å². The van der Waals surface area contributed by atoms with E-state index in [-0.39, 0.29) is 30.3 Å². The second kappa shape index (κ2) is 5.73. The maximum absolute atomic E-state index is 16.8. The number of rotatable bonds is 2. The molecule has 0 aliphatic heterocycles. The van der Waals surface area contributed by atoms with Gasteiger partial charge in [-0.2, -0.15) is 0 Å². The number of ketones is 2. The molecular formula is C22H31FO4. The lowest BCUT2D eigenvalue weighted by Crippen LogP contribution is -2.69. The molecule has 4 aliphatic carbocycles. The van der Waals surface area contributed by atoms with Crippen LogP contribution >= 0.6 is 0 Å². The topological polar surface area (TPSA) is 74.6 Å². The highest BCUT2D eigenvalue weighted by Crippen LogP contribution is 2.70. The minimum Gasteiger partial charge on any atom is -0.390 e. The molecule has 2 N–H and O–H groups in total. The second-order valence-corrected chi connectivity index (χ2v) is 9.80. The van der Waals surface area contributed by atoms with Gasteiger partial charge in [0.1, 0.15) is 11.3 Å². The largest absolute Gasteiger partial charge is 0.390 e. The zero-order valence-corrected chi connectivity index (χ0v) is 16.6. The standard InChI is InChI=1S/C22H31FO4/c1-4-17(25)21(27)10-8-15-16-6-5-13-11-14(24)7-9-19(13,2)22(16,23)18(26)12-20(15,21)3/h11,15-16,18,26-27H,4-10,12H2,1-3H3/t15-,16-,18-,19-,20-,21?,22-/m0/s1. The van der Waals surface area contributed by atoms with Crippen LogP contribution in [0.1, 0.15) is 72.1 Å². The van der Waals surface area contributed by atoms with Crippen LogP contribution in [0.25, 0.3) is 0 Å². The summed E-state index contributed by atoms with van der Waals surface area (Å²) in [6, 6.07) is 0. The Labute approximate surface area is 160 Å². The first-order valence-electron chi connectivity index (χ1n) is 10.4. The van der Waals surface area contributed by atoms with E-state index in [4.69, 9.17) is 0 Å². The minimum atomic E-state index is -1.82. The fraction of sp³-hybridized carbons (Fsp3) is 0.818. The molecule has 5 heteroatoms. The van der Waals surface area contributed by atoms with E-state index < -0.39 is 34.1 Å². The molecule has 0 aromatic heterocycles. The van der Waals surface area contributed by atoms with Gasteiger partial charge in [-0.05, 0) is 50.5 Å². The predicted molar refractivity (Wildman–Crippen MR) is 98.7 cm³/mol. The van der Waals surface area contributed by atoms with E-state index in [1.807, 2.05) is 13.8 Å². The maximum Gasteiger partial charge on any atom is 0.164 e. The third-order valence-electron chi connectivity index (χ3n) is 8.98. The van der Waals surface area contributed by atoms with Crippen LogP contribution in [0.15, 0.2) is 11.6 Å². The molecule has 150 valence electrons. The number of allylic oxidation sites excluding steroid dienone is 1. The lowest BCUT2D eigenvalue weighted by Gasteiger charge is -2.63. The van der Waals surface area contributed by atoms with Crippen molar-refractivity contribution in [3.05, 3.63) is 11.6 Å². The molecule has 4 nitrogen and oxygen atoms in total. The number of halogens is 1. The molecule has 3 saturated carbocycles. The Morgan fingerprint density at radius 3 is 2.59 bits per heavy atom. The van der Waals surface area contributed by atoms with Gasteiger partial charge in [0.15, 0.2) is 11.6 Å². The van der Waals surface area contributed by atoms with Gasteiger partial charge in [-0.3, -0.25) is 9.59 Å². The number of hydrogen-bond acceptors (Lipinski definition) is 4. The normalized spacial score (nSPS) is 51.9. The van der Waals surface area contributed by atoms with Gasteiger partial charge >= 0.3 is 0 Å². The summed E-state index contributed by atoms with van der Waals surface area (Å²) in [5, 5.41) is 22.4. The number of aliphatic hydroxyl groups excluding tert-OH is 1. The van der Waals surface area contributed by atoms with Gasteiger partial charge in [-0.25, -0.2) is 4.39 Å². The SMILES string of the molecule is CCC(=O)C1(O)CC[C@H]2[C@@H]3CCC4=CC(=O)CC[C@]4(C)[C@@]3(F)[C@@H](O)C[C@@]21C. The summed E-state index contributed by atoms with van der Waals surface area (Å²) in [5.74, 6) is -0.692. The van der Waals surface area contributed by atoms with Gasteiger partial charge in [0, 0.05) is 29.6 Å². The summed E-state index contributed by atoms with van der Waals surface area (Å²) in [4.78, 5) is 24.5. The fourth-order valence-corrected chi connectivity index (χ4v) is 7.33. The summed E-state index contributed by atoms with van der Waals surface area (Å²) in [7, 11) is 0. The molecule has 0 radical (unpaired) electrons. The van der Waals surface area contributed by atoms with E-state index in [0.29, 0.717) is 38.5 Å². The predicted octanol–water partition coefficient (Wildman–Crippen LogP) is 3.29.